The zero-order chi connectivity index (χ0) is 28.0. The molecule has 0 saturated heterocycles. The van der Waals surface area contributed by atoms with Crippen LogP contribution < -0.4 is 20.9 Å². The zero-order valence-electron chi connectivity index (χ0n) is 22.5. The molecule has 13 nitrogen and oxygen atoms in total. The summed E-state index contributed by atoms with van der Waals surface area (Å²) in [5.74, 6) is -1.01. The van der Waals surface area contributed by atoms with Crippen molar-refractivity contribution in [2.24, 2.45) is 5.92 Å². The van der Waals surface area contributed by atoms with Crippen LogP contribution in [-0.2, 0) is 32.1 Å². The topological polar surface area (TPSA) is 171 Å². The van der Waals surface area contributed by atoms with Crippen LogP contribution in [0.4, 0.5) is 10.5 Å². The molecular weight excluding hydrogens is 504 g/mol. The van der Waals surface area contributed by atoms with Crippen LogP contribution in [0, 0.1) is 5.92 Å². The molecule has 0 unspecified atom stereocenters. The third-order valence-corrected chi connectivity index (χ3v) is 6.85. The number of fused-ring (bicyclic) bond motifs is 1. The highest BCUT2D eigenvalue weighted by atomic mass is 16.6. The van der Waals surface area contributed by atoms with Gasteiger partial charge in [0.1, 0.15) is 17.7 Å². The fourth-order valence-electron chi connectivity index (χ4n) is 5.10. The molecule has 0 bridgehead atoms. The van der Waals surface area contributed by atoms with E-state index in [-0.39, 0.29) is 24.9 Å². The minimum atomic E-state index is -0.826. The highest BCUT2D eigenvalue weighted by Crippen LogP contribution is 2.32. The fraction of sp³-hybridized carbons (Fsp3) is 0.577. The van der Waals surface area contributed by atoms with Crippen molar-refractivity contribution in [3.05, 3.63) is 35.7 Å². The zero-order valence-corrected chi connectivity index (χ0v) is 22.5. The molecule has 4 rings (SSSR count). The van der Waals surface area contributed by atoms with Gasteiger partial charge in [0, 0.05) is 12.1 Å². The number of anilines is 1. The van der Waals surface area contributed by atoms with Gasteiger partial charge in [0.15, 0.2) is 5.82 Å². The van der Waals surface area contributed by atoms with Gasteiger partial charge in [-0.15, -0.1) is 10.2 Å². The number of benzene rings is 1. The Balaban J connectivity index is 1.43. The number of para-hydroxylation sites is 1. The molecule has 2 aromatic rings. The average molecular weight is 541 g/mol. The molecule has 0 spiro atoms. The minimum Gasteiger partial charge on any atom is -0.444 e. The third kappa shape index (κ3) is 7.30. The number of hydrogen-bond donors (Lipinski definition) is 4. The van der Waals surface area contributed by atoms with Crippen LogP contribution in [-0.4, -0.2) is 68.7 Å². The van der Waals surface area contributed by atoms with Crippen LogP contribution in [0.5, 0.6) is 0 Å². The van der Waals surface area contributed by atoms with Crippen molar-refractivity contribution in [3.63, 3.8) is 0 Å². The van der Waals surface area contributed by atoms with Gasteiger partial charge in [-0.2, -0.15) is 5.21 Å². The molecule has 1 aromatic heterocycles. The van der Waals surface area contributed by atoms with Crippen molar-refractivity contribution in [1.29, 1.82) is 0 Å². The number of nitrogens with one attached hydrogen (secondary N) is 4. The monoisotopic (exact) mass is 540 g/mol. The second-order valence-electron chi connectivity index (χ2n) is 10.9. The first-order chi connectivity index (χ1) is 18.6. The van der Waals surface area contributed by atoms with E-state index in [0.29, 0.717) is 17.9 Å². The van der Waals surface area contributed by atoms with Crippen molar-refractivity contribution in [3.8, 4) is 0 Å². The van der Waals surface area contributed by atoms with Gasteiger partial charge in [-0.1, -0.05) is 42.7 Å². The Morgan fingerprint density at radius 1 is 1.10 bits per heavy atom. The van der Waals surface area contributed by atoms with Crippen LogP contribution in [0.25, 0.3) is 0 Å². The van der Waals surface area contributed by atoms with Gasteiger partial charge < -0.3 is 20.7 Å². The molecule has 1 aromatic carbocycles. The molecule has 2 aliphatic rings. The first-order valence-electron chi connectivity index (χ1n) is 13.3. The van der Waals surface area contributed by atoms with E-state index < -0.39 is 35.6 Å². The molecule has 4 amide bonds. The first-order valence-corrected chi connectivity index (χ1v) is 13.3. The van der Waals surface area contributed by atoms with Crippen LogP contribution in [0.1, 0.15) is 64.3 Å². The molecule has 13 heteroatoms. The van der Waals surface area contributed by atoms with Gasteiger partial charge in [-0.25, -0.2) is 4.79 Å². The Kier molecular flexibility index (Phi) is 8.77. The Bertz CT molecular complexity index is 1170. The fourth-order valence-corrected chi connectivity index (χ4v) is 5.10. The molecule has 0 radical (unpaired) electrons. The van der Waals surface area contributed by atoms with E-state index >= 15 is 0 Å². The number of alkyl carbamates (subject to hydrolysis) is 1. The normalized spacial score (nSPS) is 18.1. The van der Waals surface area contributed by atoms with Gasteiger partial charge in [0.25, 0.3) is 0 Å². The third-order valence-electron chi connectivity index (χ3n) is 6.85. The molecule has 1 aliphatic carbocycles. The van der Waals surface area contributed by atoms with E-state index in [2.05, 4.69) is 36.6 Å². The molecule has 2 atom stereocenters. The summed E-state index contributed by atoms with van der Waals surface area (Å²) in [7, 11) is 0. The van der Waals surface area contributed by atoms with Crippen molar-refractivity contribution >= 4 is 29.5 Å². The van der Waals surface area contributed by atoms with Crippen molar-refractivity contribution in [2.45, 2.75) is 83.5 Å². The van der Waals surface area contributed by atoms with Crippen molar-refractivity contribution in [2.75, 3.05) is 11.4 Å². The molecule has 4 N–H and O–H groups in total. The summed E-state index contributed by atoms with van der Waals surface area (Å²) in [5, 5.41) is 21.6. The maximum atomic E-state index is 13.4. The smallest absolute Gasteiger partial charge is 0.408 e. The molecule has 1 aliphatic heterocycles. The standard InChI is InChI=1S/C26H36N8O5/c1-26(2,3)39-25(38)29-22(16-9-5-4-6-10-16)24(37)28-15-21(35)34-18-12-8-7-11-17(18)13-19(34)23(36)27-14-20-30-32-33-31-20/h7-8,11-12,16,19,22H,4-6,9-10,13-15H2,1-3H3,(H,27,36)(H,28,37)(H,29,38)(H,30,31,32,33)/t19-,22-/m0/s1. The van der Waals surface area contributed by atoms with Gasteiger partial charge in [0.2, 0.25) is 17.7 Å². The number of tetrazole rings is 1. The van der Waals surface area contributed by atoms with Gasteiger partial charge in [0.05, 0.1) is 13.1 Å². The number of aromatic amines is 1. The summed E-state index contributed by atoms with van der Waals surface area (Å²) < 4.78 is 5.38. The van der Waals surface area contributed by atoms with E-state index in [4.69, 9.17) is 4.74 Å². The maximum Gasteiger partial charge on any atom is 0.408 e. The maximum absolute atomic E-state index is 13.4. The number of carbonyl (C=O) groups excluding carboxylic acids is 4. The van der Waals surface area contributed by atoms with Gasteiger partial charge >= 0.3 is 6.09 Å². The number of H-pyrrole nitrogens is 1. The molecule has 210 valence electrons. The Morgan fingerprint density at radius 3 is 2.54 bits per heavy atom. The number of nitrogens with zero attached hydrogens (tertiary/aromatic N) is 4. The second kappa shape index (κ2) is 12.2. The number of amides is 4. The van der Waals surface area contributed by atoms with E-state index in [1.165, 1.54) is 4.90 Å². The molecule has 1 saturated carbocycles. The van der Waals surface area contributed by atoms with Crippen molar-refractivity contribution in [1.82, 2.24) is 36.6 Å². The van der Waals surface area contributed by atoms with E-state index in [0.717, 1.165) is 37.7 Å². The Morgan fingerprint density at radius 2 is 1.85 bits per heavy atom. The summed E-state index contributed by atoms with van der Waals surface area (Å²) >= 11 is 0. The predicted molar refractivity (Wildman–Crippen MR) is 140 cm³/mol. The predicted octanol–water partition coefficient (Wildman–Crippen LogP) is 1.36. The first kappa shape index (κ1) is 28.0. The van der Waals surface area contributed by atoms with Crippen LogP contribution in [0.2, 0.25) is 0 Å². The molecule has 2 heterocycles. The number of rotatable bonds is 8. The summed E-state index contributed by atoms with van der Waals surface area (Å²) in [6, 6.07) is 5.66. The lowest BCUT2D eigenvalue weighted by molar-refractivity contribution is -0.128. The van der Waals surface area contributed by atoms with E-state index in [1.54, 1.807) is 32.9 Å². The highest BCUT2D eigenvalue weighted by molar-refractivity contribution is 6.05. The van der Waals surface area contributed by atoms with E-state index in [9.17, 15) is 19.2 Å². The Labute approximate surface area is 226 Å². The number of carbonyl (C=O) groups is 4. The van der Waals surface area contributed by atoms with Crippen LogP contribution in [0.15, 0.2) is 24.3 Å². The summed E-state index contributed by atoms with van der Waals surface area (Å²) in [6.45, 7) is 4.98. The quantitative estimate of drug-likeness (QED) is 0.389. The molecule has 1 fully saturated rings. The highest BCUT2D eigenvalue weighted by Gasteiger charge is 2.39. The Hall–Kier alpha value is -4.03. The number of hydrogen-bond acceptors (Lipinski definition) is 8. The summed E-state index contributed by atoms with van der Waals surface area (Å²) in [6.07, 6.45) is 4.27. The van der Waals surface area contributed by atoms with Crippen molar-refractivity contribution < 1.29 is 23.9 Å². The summed E-state index contributed by atoms with van der Waals surface area (Å²) in [4.78, 5) is 53.8. The second-order valence-corrected chi connectivity index (χ2v) is 10.9. The average Bonchev–Trinajstić information content (AvgIpc) is 3.56. The lowest BCUT2D eigenvalue weighted by atomic mass is 9.83. The lowest BCUT2D eigenvalue weighted by Crippen LogP contribution is -2.55. The lowest BCUT2D eigenvalue weighted by Gasteiger charge is -2.31. The van der Waals surface area contributed by atoms with Gasteiger partial charge in [-0.3, -0.25) is 19.3 Å². The van der Waals surface area contributed by atoms with Gasteiger partial charge in [-0.05, 0) is 51.2 Å². The van der Waals surface area contributed by atoms with Crippen LogP contribution >= 0.6 is 0 Å². The SMILES string of the molecule is CC(C)(C)OC(=O)N[C@H](C(=O)NCC(=O)N1c2ccccc2C[C@H]1C(=O)NCc1nn[nH]n1)C1CCCCC1. The largest absolute Gasteiger partial charge is 0.444 e. The molecular formula is C26H36N8O5. The minimum absolute atomic E-state index is 0.0559. The number of ether oxygens (including phenoxy) is 1. The summed E-state index contributed by atoms with van der Waals surface area (Å²) in [5.41, 5.74) is 0.756. The molecule has 39 heavy (non-hydrogen) atoms. The number of aromatic nitrogens is 4. The van der Waals surface area contributed by atoms with E-state index in [1.807, 2.05) is 12.1 Å². The van der Waals surface area contributed by atoms with Crippen LogP contribution in [0.3, 0.4) is 0 Å².